The van der Waals surface area contributed by atoms with Crippen LogP contribution < -0.4 is 10.6 Å². The van der Waals surface area contributed by atoms with E-state index in [-0.39, 0.29) is 17.4 Å². The maximum absolute atomic E-state index is 12.6. The standard InChI is InChI=1S/C26H16Cl2N2O4/c27-19-6-3-5-18(24(19)28)21-12-13-22(34-21)25(31)29-16-8-10-17(11-9-16)30-26(32)23-14-15-4-1-2-7-20(15)33-23/h1-14H,(H,29,31)(H,30,32). The number of nitrogens with one attached hydrogen (secondary N) is 2. The molecule has 2 heterocycles. The van der Waals surface area contributed by atoms with Crippen molar-refractivity contribution in [1.29, 1.82) is 0 Å². The van der Waals surface area contributed by atoms with Gasteiger partial charge >= 0.3 is 0 Å². The van der Waals surface area contributed by atoms with Gasteiger partial charge in [-0.15, -0.1) is 0 Å². The number of fused-ring (bicyclic) bond motifs is 1. The molecule has 0 saturated heterocycles. The van der Waals surface area contributed by atoms with Gasteiger partial charge in [0, 0.05) is 22.3 Å². The van der Waals surface area contributed by atoms with Gasteiger partial charge in [0.2, 0.25) is 0 Å². The molecular weight excluding hydrogens is 475 g/mol. The number of amides is 2. The normalized spacial score (nSPS) is 10.9. The first-order chi connectivity index (χ1) is 16.5. The molecule has 0 aliphatic heterocycles. The van der Waals surface area contributed by atoms with E-state index in [4.69, 9.17) is 32.0 Å². The van der Waals surface area contributed by atoms with Gasteiger partial charge in [0.25, 0.3) is 11.8 Å². The van der Waals surface area contributed by atoms with Gasteiger partial charge in [-0.05, 0) is 60.7 Å². The molecule has 0 bridgehead atoms. The van der Waals surface area contributed by atoms with Crippen LogP contribution in [0.15, 0.2) is 93.8 Å². The summed E-state index contributed by atoms with van der Waals surface area (Å²) in [7, 11) is 0. The predicted octanol–water partition coefficient (Wildman–Crippen LogP) is 7.50. The molecule has 0 saturated carbocycles. The van der Waals surface area contributed by atoms with Crippen molar-refractivity contribution in [2.45, 2.75) is 0 Å². The Hall–Kier alpha value is -4.00. The summed E-state index contributed by atoms with van der Waals surface area (Å²) in [6, 6.07) is 24.2. The first kappa shape index (κ1) is 21.8. The lowest BCUT2D eigenvalue weighted by Crippen LogP contribution is -2.12. The Morgan fingerprint density at radius 1 is 0.676 bits per heavy atom. The van der Waals surface area contributed by atoms with Crippen molar-refractivity contribution in [2.24, 2.45) is 0 Å². The number of anilines is 2. The van der Waals surface area contributed by atoms with Crippen LogP contribution in [0.25, 0.3) is 22.3 Å². The Labute approximate surface area is 204 Å². The molecule has 0 aliphatic rings. The number of hydrogen-bond donors (Lipinski definition) is 2. The number of carbonyl (C=O) groups is 2. The summed E-state index contributed by atoms with van der Waals surface area (Å²) < 4.78 is 11.2. The lowest BCUT2D eigenvalue weighted by atomic mass is 10.2. The number of rotatable bonds is 5. The van der Waals surface area contributed by atoms with E-state index in [1.807, 2.05) is 18.2 Å². The molecule has 0 atom stereocenters. The number of halogens is 2. The topological polar surface area (TPSA) is 84.5 Å². The van der Waals surface area contributed by atoms with Crippen LogP contribution in [0.4, 0.5) is 11.4 Å². The van der Waals surface area contributed by atoms with E-state index in [0.717, 1.165) is 5.39 Å². The molecule has 2 amide bonds. The van der Waals surface area contributed by atoms with Crippen molar-refractivity contribution in [2.75, 3.05) is 10.6 Å². The number of benzene rings is 3. The zero-order valence-corrected chi connectivity index (χ0v) is 19.0. The van der Waals surface area contributed by atoms with E-state index in [1.165, 1.54) is 0 Å². The maximum Gasteiger partial charge on any atom is 0.291 e. The van der Waals surface area contributed by atoms with Crippen LogP contribution in [0.2, 0.25) is 10.0 Å². The molecule has 0 aliphatic carbocycles. The Balaban J connectivity index is 1.24. The van der Waals surface area contributed by atoms with Crippen molar-refractivity contribution in [1.82, 2.24) is 0 Å². The minimum Gasteiger partial charge on any atom is -0.451 e. The van der Waals surface area contributed by atoms with Crippen molar-refractivity contribution in [3.8, 4) is 11.3 Å². The number of hydrogen-bond acceptors (Lipinski definition) is 4. The third-order valence-corrected chi connectivity index (χ3v) is 5.92. The minimum absolute atomic E-state index is 0.119. The average molecular weight is 491 g/mol. The van der Waals surface area contributed by atoms with Crippen LogP contribution in [0.3, 0.4) is 0 Å². The fourth-order valence-corrected chi connectivity index (χ4v) is 3.81. The first-order valence-electron chi connectivity index (χ1n) is 10.2. The van der Waals surface area contributed by atoms with E-state index < -0.39 is 5.91 Å². The molecule has 0 spiro atoms. The van der Waals surface area contributed by atoms with E-state index in [1.54, 1.807) is 66.7 Å². The molecule has 34 heavy (non-hydrogen) atoms. The second-order valence-corrected chi connectivity index (χ2v) is 8.18. The molecule has 5 rings (SSSR count). The van der Waals surface area contributed by atoms with Crippen molar-refractivity contribution >= 4 is 57.4 Å². The Bertz CT molecular complexity index is 1490. The summed E-state index contributed by atoms with van der Waals surface area (Å²) in [5.41, 5.74) is 2.33. The van der Waals surface area contributed by atoms with Gasteiger partial charge < -0.3 is 19.5 Å². The van der Waals surface area contributed by atoms with Crippen LogP contribution in [0.1, 0.15) is 21.1 Å². The highest BCUT2D eigenvalue weighted by molar-refractivity contribution is 6.43. The Morgan fingerprint density at radius 2 is 1.35 bits per heavy atom. The zero-order valence-electron chi connectivity index (χ0n) is 17.5. The molecule has 3 aromatic carbocycles. The van der Waals surface area contributed by atoms with E-state index in [9.17, 15) is 9.59 Å². The van der Waals surface area contributed by atoms with Gasteiger partial charge in [0.15, 0.2) is 11.5 Å². The highest BCUT2D eigenvalue weighted by Gasteiger charge is 2.16. The fraction of sp³-hybridized carbons (Fsp3) is 0. The quantitative estimate of drug-likeness (QED) is 0.267. The van der Waals surface area contributed by atoms with Gasteiger partial charge in [-0.2, -0.15) is 0 Å². The molecule has 0 fully saturated rings. The van der Waals surface area contributed by atoms with Crippen molar-refractivity contribution in [3.63, 3.8) is 0 Å². The van der Waals surface area contributed by atoms with Crippen LogP contribution in [-0.2, 0) is 0 Å². The summed E-state index contributed by atoms with van der Waals surface area (Å²) in [6.07, 6.45) is 0. The monoisotopic (exact) mass is 490 g/mol. The summed E-state index contributed by atoms with van der Waals surface area (Å²) >= 11 is 12.3. The van der Waals surface area contributed by atoms with E-state index >= 15 is 0 Å². The lowest BCUT2D eigenvalue weighted by Gasteiger charge is -2.06. The molecule has 5 aromatic rings. The summed E-state index contributed by atoms with van der Waals surface area (Å²) in [4.78, 5) is 25.1. The summed E-state index contributed by atoms with van der Waals surface area (Å²) in [5, 5.41) is 7.13. The second-order valence-electron chi connectivity index (χ2n) is 7.40. The fourth-order valence-electron chi connectivity index (χ4n) is 3.41. The minimum atomic E-state index is -0.427. The van der Waals surface area contributed by atoms with Gasteiger partial charge in [-0.25, -0.2) is 0 Å². The molecule has 168 valence electrons. The van der Waals surface area contributed by atoms with Crippen LogP contribution in [0, 0.1) is 0 Å². The number of carbonyl (C=O) groups excluding carboxylic acids is 2. The van der Waals surface area contributed by atoms with Crippen molar-refractivity contribution in [3.05, 3.63) is 106 Å². The smallest absolute Gasteiger partial charge is 0.291 e. The van der Waals surface area contributed by atoms with E-state index in [0.29, 0.717) is 38.3 Å². The average Bonchev–Trinajstić information content (AvgIpc) is 3.50. The molecule has 0 unspecified atom stereocenters. The third kappa shape index (κ3) is 4.41. The number of furan rings is 2. The summed E-state index contributed by atoms with van der Waals surface area (Å²) in [6.45, 7) is 0. The van der Waals surface area contributed by atoms with Gasteiger partial charge in [-0.1, -0.05) is 47.5 Å². The highest BCUT2D eigenvalue weighted by Crippen LogP contribution is 2.34. The Morgan fingerprint density at radius 3 is 2.06 bits per heavy atom. The SMILES string of the molecule is O=C(Nc1ccc(NC(=O)c2cc3ccccc3o2)cc1)c1ccc(-c2cccc(Cl)c2Cl)o1. The van der Waals surface area contributed by atoms with Gasteiger partial charge in [0.1, 0.15) is 11.3 Å². The second kappa shape index (κ2) is 9.09. The zero-order chi connectivity index (χ0) is 23.7. The van der Waals surface area contributed by atoms with E-state index in [2.05, 4.69) is 10.6 Å². The predicted molar refractivity (Wildman–Crippen MR) is 133 cm³/mol. The molecule has 2 N–H and O–H groups in total. The van der Waals surface area contributed by atoms with Gasteiger partial charge in [-0.3, -0.25) is 9.59 Å². The molecular formula is C26H16Cl2N2O4. The third-order valence-electron chi connectivity index (χ3n) is 5.10. The largest absolute Gasteiger partial charge is 0.451 e. The molecule has 6 nitrogen and oxygen atoms in total. The Kier molecular flexibility index (Phi) is 5.84. The molecule has 0 radical (unpaired) electrons. The molecule has 8 heteroatoms. The lowest BCUT2D eigenvalue weighted by molar-refractivity contribution is 0.0990. The highest BCUT2D eigenvalue weighted by atomic mass is 35.5. The molecule has 2 aromatic heterocycles. The van der Waals surface area contributed by atoms with Crippen LogP contribution >= 0.6 is 23.2 Å². The van der Waals surface area contributed by atoms with Crippen LogP contribution in [-0.4, -0.2) is 11.8 Å². The van der Waals surface area contributed by atoms with Crippen molar-refractivity contribution < 1.29 is 18.4 Å². The number of para-hydroxylation sites is 1. The maximum atomic E-state index is 12.6. The van der Waals surface area contributed by atoms with Gasteiger partial charge in [0.05, 0.1) is 10.0 Å². The summed E-state index contributed by atoms with van der Waals surface area (Å²) in [5.74, 6) is -0.0270. The van der Waals surface area contributed by atoms with Crippen LogP contribution in [0.5, 0.6) is 0 Å². The first-order valence-corrected chi connectivity index (χ1v) is 11.0.